The van der Waals surface area contributed by atoms with Gasteiger partial charge in [0.25, 0.3) is 5.91 Å². The van der Waals surface area contributed by atoms with E-state index in [0.29, 0.717) is 18.0 Å². The van der Waals surface area contributed by atoms with Crippen molar-refractivity contribution in [2.75, 3.05) is 7.11 Å². The lowest BCUT2D eigenvalue weighted by Crippen LogP contribution is -2.49. The van der Waals surface area contributed by atoms with E-state index in [1.165, 1.54) is 75.8 Å². The number of amides is 1. The summed E-state index contributed by atoms with van der Waals surface area (Å²) in [6, 6.07) is 13.6. The van der Waals surface area contributed by atoms with Crippen LogP contribution < -0.4 is 15.4 Å². The van der Waals surface area contributed by atoms with Gasteiger partial charge in [0.05, 0.1) is 16.9 Å². The van der Waals surface area contributed by atoms with Crippen molar-refractivity contribution < 1.29 is 17.9 Å². The molecule has 5 rings (SSSR count). The van der Waals surface area contributed by atoms with Crippen LogP contribution in [-0.2, 0) is 29.3 Å². The largest absolute Gasteiger partial charge is 0.497 e. The number of nitrogens with one attached hydrogen (secondary N) is 3. The molecule has 0 atom stereocenters. The van der Waals surface area contributed by atoms with E-state index in [1.54, 1.807) is 36.4 Å². The number of rotatable bonds is 6. The molecule has 208 valence electrons. The number of aromatic nitrogens is 1. The van der Waals surface area contributed by atoms with Crippen molar-refractivity contribution in [2.45, 2.75) is 93.1 Å². The van der Waals surface area contributed by atoms with Gasteiger partial charge in [0.15, 0.2) is 0 Å². The Labute approximate surface area is 231 Å². The first-order valence-corrected chi connectivity index (χ1v) is 15.5. The van der Waals surface area contributed by atoms with E-state index < -0.39 is 9.84 Å². The van der Waals surface area contributed by atoms with Gasteiger partial charge in [-0.05, 0) is 72.9 Å². The normalized spacial score (nSPS) is 17.5. The van der Waals surface area contributed by atoms with Crippen molar-refractivity contribution in [2.24, 2.45) is 0 Å². The summed E-state index contributed by atoms with van der Waals surface area (Å²) in [6.45, 7) is 2.94. The number of methoxy groups -OCH3 is 1. The highest BCUT2D eigenvalue weighted by atomic mass is 32.2. The molecule has 2 aromatic carbocycles. The molecule has 0 saturated heterocycles. The molecule has 1 aliphatic carbocycles. The molecule has 39 heavy (non-hydrogen) atoms. The summed E-state index contributed by atoms with van der Waals surface area (Å²) in [4.78, 5) is 16.8. The molecule has 1 aromatic heterocycles. The summed E-state index contributed by atoms with van der Waals surface area (Å²) in [5.41, 5.74) is 4.71. The van der Waals surface area contributed by atoms with Crippen LogP contribution in [0.3, 0.4) is 0 Å². The van der Waals surface area contributed by atoms with Crippen LogP contribution in [0.4, 0.5) is 0 Å². The van der Waals surface area contributed by atoms with Gasteiger partial charge in [-0.25, -0.2) is 8.42 Å². The fourth-order valence-corrected chi connectivity index (χ4v) is 7.34. The van der Waals surface area contributed by atoms with Crippen LogP contribution in [-0.4, -0.2) is 32.0 Å². The molecule has 1 spiro atoms. The van der Waals surface area contributed by atoms with Gasteiger partial charge in [-0.2, -0.15) is 0 Å². The van der Waals surface area contributed by atoms with Gasteiger partial charge >= 0.3 is 0 Å². The molecule has 3 N–H and O–H groups in total. The third-order valence-electron chi connectivity index (χ3n) is 8.22. The minimum Gasteiger partial charge on any atom is -0.497 e. The first-order chi connectivity index (χ1) is 18.8. The summed E-state index contributed by atoms with van der Waals surface area (Å²) >= 11 is 0. The van der Waals surface area contributed by atoms with Crippen molar-refractivity contribution in [3.63, 3.8) is 0 Å². The first-order valence-electron chi connectivity index (χ1n) is 14.0. The Hall–Kier alpha value is -3.10. The number of ether oxygens (including phenoxy) is 1. The summed E-state index contributed by atoms with van der Waals surface area (Å²) in [5, 5.41) is 6.80. The van der Waals surface area contributed by atoms with Crippen LogP contribution in [0.2, 0.25) is 0 Å². The first kappa shape index (κ1) is 27.5. The smallest absolute Gasteiger partial charge is 0.267 e. The van der Waals surface area contributed by atoms with Crippen molar-refractivity contribution >= 4 is 15.7 Å². The monoisotopic (exact) mass is 549 g/mol. The second kappa shape index (κ2) is 11.6. The van der Waals surface area contributed by atoms with Gasteiger partial charge in [0.1, 0.15) is 11.4 Å². The number of aromatic amines is 1. The molecule has 1 saturated carbocycles. The lowest BCUT2D eigenvalue weighted by molar-refractivity contribution is 0.0946. The molecule has 0 radical (unpaired) electrons. The average molecular weight is 550 g/mol. The fraction of sp³-hybridized carbons (Fsp3) is 0.452. The molecule has 1 amide bonds. The molecule has 2 aliphatic rings. The Morgan fingerprint density at radius 2 is 1.64 bits per heavy atom. The zero-order chi connectivity index (χ0) is 27.5. The van der Waals surface area contributed by atoms with Crippen LogP contribution in [0.1, 0.15) is 84.2 Å². The number of carbonyl (C=O) groups excluding carboxylic acids is 1. The minimum absolute atomic E-state index is 0.140. The standard InChI is InChI=1S/C31H39N3O4S/c1-22-15-25(38-2)18-27(16-22)39(36,37)26-11-9-23(10-12-26)20-32-30(35)28-17-24-21-33-31(19-29(24)34-28)13-7-5-3-4-6-8-14-31/h9-12,15-18,33-34H,3-8,13-14,19-21H2,1-2H3,(H,32,35). The highest BCUT2D eigenvalue weighted by Crippen LogP contribution is 2.33. The van der Waals surface area contributed by atoms with Gasteiger partial charge in [-0.1, -0.05) is 50.7 Å². The second-order valence-electron chi connectivity index (χ2n) is 11.1. The van der Waals surface area contributed by atoms with Crippen LogP contribution >= 0.6 is 0 Å². The number of sulfone groups is 1. The van der Waals surface area contributed by atoms with Crippen molar-refractivity contribution in [1.82, 2.24) is 15.6 Å². The van der Waals surface area contributed by atoms with E-state index in [2.05, 4.69) is 15.6 Å². The summed E-state index contributed by atoms with van der Waals surface area (Å²) in [5.74, 6) is 0.349. The Kier molecular flexibility index (Phi) is 8.14. The SMILES string of the molecule is COc1cc(C)cc(S(=O)(=O)c2ccc(CNC(=O)c3cc4c([nH]3)CC3(CCCCCCCC3)NC4)cc2)c1. The predicted molar refractivity (Wildman–Crippen MR) is 152 cm³/mol. The molecule has 0 unspecified atom stereocenters. The third kappa shape index (κ3) is 6.23. The molecule has 8 heteroatoms. The zero-order valence-electron chi connectivity index (χ0n) is 22.9. The van der Waals surface area contributed by atoms with Crippen LogP contribution in [0, 0.1) is 6.92 Å². The number of aryl methyl sites for hydroxylation is 1. The molecule has 7 nitrogen and oxygen atoms in total. The maximum atomic E-state index is 13.1. The van der Waals surface area contributed by atoms with Crippen molar-refractivity contribution in [1.29, 1.82) is 0 Å². The van der Waals surface area contributed by atoms with E-state index in [1.807, 2.05) is 13.0 Å². The Balaban J connectivity index is 1.22. The van der Waals surface area contributed by atoms with Crippen LogP contribution in [0.15, 0.2) is 58.3 Å². The van der Waals surface area contributed by atoms with Gasteiger partial charge in [-0.15, -0.1) is 0 Å². The number of hydrogen-bond acceptors (Lipinski definition) is 5. The summed E-state index contributed by atoms with van der Waals surface area (Å²) in [7, 11) is -2.17. The second-order valence-corrected chi connectivity index (χ2v) is 13.1. The van der Waals surface area contributed by atoms with Crippen molar-refractivity contribution in [3.8, 4) is 5.75 Å². The molecule has 0 bridgehead atoms. The van der Waals surface area contributed by atoms with Crippen LogP contribution in [0.5, 0.6) is 5.75 Å². The molecule has 1 fully saturated rings. The Bertz CT molecular complexity index is 1420. The van der Waals surface area contributed by atoms with E-state index in [0.717, 1.165) is 24.1 Å². The summed E-state index contributed by atoms with van der Waals surface area (Å²) in [6.07, 6.45) is 11.1. The Morgan fingerprint density at radius 3 is 2.33 bits per heavy atom. The van der Waals surface area contributed by atoms with E-state index in [-0.39, 0.29) is 21.2 Å². The van der Waals surface area contributed by atoms with Gasteiger partial charge in [0.2, 0.25) is 9.84 Å². The number of hydrogen-bond donors (Lipinski definition) is 3. The number of carbonyl (C=O) groups is 1. The molecular formula is C31H39N3O4S. The van der Waals surface area contributed by atoms with E-state index in [9.17, 15) is 13.2 Å². The lowest BCUT2D eigenvalue weighted by atomic mass is 9.80. The van der Waals surface area contributed by atoms with E-state index >= 15 is 0 Å². The molecule has 1 aliphatic heterocycles. The highest BCUT2D eigenvalue weighted by molar-refractivity contribution is 7.91. The van der Waals surface area contributed by atoms with Gasteiger partial charge < -0.3 is 20.4 Å². The number of H-pyrrole nitrogens is 1. The average Bonchev–Trinajstić information content (AvgIpc) is 3.40. The Morgan fingerprint density at radius 1 is 0.949 bits per heavy atom. The fourth-order valence-electron chi connectivity index (χ4n) is 5.96. The van der Waals surface area contributed by atoms with E-state index in [4.69, 9.17) is 4.74 Å². The molecule has 3 aromatic rings. The third-order valence-corrected chi connectivity index (χ3v) is 9.97. The van der Waals surface area contributed by atoms with Gasteiger partial charge in [-0.3, -0.25) is 4.79 Å². The minimum atomic E-state index is -3.68. The maximum Gasteiger partial charge on any atom is 0.267 e. The van der Waals surface area contributed by atoms with Crippen LogP contribution in [0.25, 0.3) is 0 Å². The number of benzene rings is 2. The number of fused-ring (bicyclic) bond motifs is 1. The van der Waals surface area contributed by atoms with Gasteiger partial charge in [0, 0.05) is 30.7 Å². The zero-order valence-corrected chi connectivity index (χ0v) is 23.8. The maximum absolute atomic E-state index is 13.1. The lowest BCUT2D eigenvalue weighted by Gasteiger charge is -2.38. The molecule has 2 heterocycles. The molecular weight excluding hydrogens is 510 g/mol. The topological polar surface area (TPSA) is 100 Å². The quantitative estimate of drug-likeness (QED) is 0.371. The predicted octanol–water partition coefficient (Wildman–Crippen LogP) is 5.61. The van der Waals surface area contributed by atoms with Crippen molar-refractivity contribution in [3.05, 3.63) is 76.6 Å². The summed E-state index contributed by atoms with van der Waals surface area (Å²) < 4.78 is 31.5. The highest BCUT2D eigenvalue weighted by Gasteiger charge is 2.35.